The molecule has 0 aliphatic heterocycles. The fourth-order valence-corrected chi connectivity index (χ4v) is 2.39. The summed E-state index contributed by atoms with van der Waals surface area (Å²) < 4.78 is 0. The highest BCUT2D eigenvalue weighted by molar-refractivity contribution is 6.30. The summed E-state index contributed by atoms with van der Waals surface area (Å²) in [6.07, 6.45) is 0.396. The molecule has 0 atom stereocenters. The number of carbonyl (C=O) groups is 1. The fraction of sp³-hybridized carbons (Fsp3) is 0.316. The van der Waals surface area contributed by atoms with Gasteiger partial charge >= 0.3 is 0 Å². The van der Waals surface area contributed by atoms with Gasteiger partial charge in [-0.25, -0.2) is 0 Å². The van der Waals surface area contributed by atoms with Crippen LogP contribution < -0.4 is 10.6 Å². The molecule has 0 bridgehead atoms. The second kappa shape index (κ2) is 7.51. The first kappa shape index (κ1) is 17.4. The van der Waals surface area contributed by atoms with E-state index < -0.39 is 0 Å². The highest BCUT2D eigenvalue weighted by Gasteiger charge is 2.12. The maximum absolute atomic E-state index is 11.9. The van der Waals surface area contributed by atoms with Crippen LogP contribution in [-0.4, -0.2) is 12.5 Å². The molecule has 3 nitrogen and oxygen atoms in total. The molecule has 0 aliphatic carbocycles. The molecular weight excluding hydrogens is 308 g/mol. The lowest BCUT2D eigenvalue weighted by atomic mass is 9.87. The van der Waals surface area contributed by atoms with Crippen molar-refractivity contribution in [2.24, 2.45) is 0 Å². The van der Waals surface area contributed by atoms with E-state index in [9.17, 15) is 4.79 Å². The Morgan fingerprint density at radius 2 is 1.74 bits per heavy atom. The molecule has 122 valence electrons. The Morgan fingerprint density at radius 1 is 1.04 bits per heavy atom. The van der Waals surface area contributed by atoms with Gasteiger partial charge in [0.2, 0.25) is 5.91 Å². The normalized spacial score (nSPS) is 11.1. The Labute approximate surface area is 143 Å². The van der Waals surface area contributed by atoms with Gasteiger partial charge in [0.25, 0.3) is 0 Å². The van der Waals surface area contributed by atoms with E-state index in [0.717, 1.165) is 11.4 Å². The summed E-state index contributed by atoms with van der Waals surface area (Å²) in [7, 11) is 0. The van der Waals surface area contributed by atoms with Crippen LogP contribution in [0.2, 0.25) is 5.02 Å². The molecule has 0 spiro atoms. The van der Waals surface area contributed by atoms with Crippen molar-refractivity contribution in [2.75, 3.05) is 17.2 Å². The van der Waals surface area contributed by atoms with Gasteiger partial charge in [-0.1, -0.05) is 50.6 Å². The van der Waals surface area contributed by atoms with Crippen LogP contribution in [0.4, 0.5) is 11.4 Å². The van der Waals surface area contributed by atoms with E-state index >= 15 is 0 Å². The lowest BCUT2D eigenvalue weighted by Crippen LogP contribution is -2.16. The number of amides is 1. The second-order valence-corrected chi connectivity index (χ2v) is 7.00. The molecule has 0 heterocycles. The van der Waals surface area contributed by atoms with Gasteiger partial charge in [-0.2, -0.15) is 0 Å². The van der Waals surface area contributed by atoms with Crippen molar-refractivity contribution in [3.05, 3.63) is 59.1 Å². The van der Waals surface area contributed by atoms with Gasteiger partial charge in [0.15, 0.2) is 0 Å². The van der Waals surface area contributed by atoms with Gasteiger partial charge in [-0.3, -0.25) is 4.79 Å². The molecule has 2 aromatic rings. The van der Waals surface area contributed by atoms with Crippen LogP contribution in [0.3, 0.4) is 0 Å². The molecule has 0 aliphatic rings. The average molecular weight is 331 g/mol. The van der Waals surface area contributed by atoms with Crippen LogP contribution in [0.25, 0.3) is 0 Å². The molecule has 2 aromatic carbocycles. The number of rotatable bonds is 5. The zero-order chi connectivity index (χ0) is 16.9. The molecule has 2 rings (SSSR count). The Kier molecular flexibility index (Phi) is 5.67. The van der Waals surface area contributed by atoms with Gasteiger partial charge in [-0.15, -0.1) is 0 Å². The topological polar surface area (TPSA) is 41.1 Å². The van der Waals surface area contributed by atoms with Crippen LogP contribution in [0, 0.1) is 0 Å². The van der Waals surface area contributed by atoms with E-state index in [1.54, 1.807) is 12.1 Å². The van der Waals surface area contributed by atoms with E-state index in [-0.39, 0.29) is 11.3 Å². The standard InChI is InChI=1S/C19H23ClN2O/c1-19(2,3)14-7-9-16(10-8-14)21-12-11-18(23)22-17-6-4-5-15(20)13-17/h4-10,13,21H,11-12H2,1-3H3,(H,22,23). The van der Waals surface area contributed by atoms with Crippen molar-refractivity contribution >= 4 is 28.9 Å². The zero-order valence-corrected chi connectivity index (χ0v) is 14.6. The molecule has 0 unspecified atom stereocenters. The largest absolute Gasteiger partial charge is 0.385 e. The van der Waals surface area contributed by atoms with E-state index in [1.807, 2.05) is 12.1 Å². The molecular formula is C19H23ClN2O. The van der Waals surface area contributed by atoms with Crippen LogP contribution in [0.15, 0.2) is 48.5 Å². The van der Waals surface area contributed by atoms with Crippen molar-refractivity contribution in [2.45, 2.75) is 32.6 Å². The Morgan fingerprint density at radius 3 is 2.35 bits per heavy atom. The quantitative estimate of drug-likeness (QED) is 0.802. The number of halogens is 1. The van der Waals surface area contributed by atoms with Crippen molar-refractivity contribution in [3.8, 4) is 0 Å². The Balaban J connectivity index is 1.79. The summed E-state index contributed by atoms with van der Waals surface area (Å²) >= 11 is 5.89. The minimum Gasteiger partial charge on any atom is -0.385 e. The van der Waals surface area contributed by atoms with Gasteiger partial charge in [0.1, 0.15) is 0 Å². The van der Waals surface area contributed by atoms with Crippen molar-refractivity contribution in [1.29, 1.82) is 0 Å². The molecule has 0 radical (unpaired) electrons. The van der Waals surface area contributed by atoms with Gasteiger partial charge in [-0.05, 0) is 41.3 Å². The number of carbonyl (C=O) groups excluding carboxylic acids is 1. The molecule has 0 saturated heterocycles. The third kappa shape index (κ3) is 5.61. The lowest BCUT2D eigenvalue weighted by Gasteiger charge is -2.19. The molecule has 23 heavy (non-hydrogen) atoms. The van der Waals surface area contributed by atoms with Crippen molar-refractivity contribution in [3.63, 3.8) is 0 Å². The molecule has 0 fully saturated rings. The maximum Gasteiger partial charge on any atom is 0.226 e. The number of hydrogen-bond donors (Lipinski definition) is 2. The summed E-state index contributed by atoms with van der Waals surface area (Å²) in [5, 5.41) is 6.71. The smallest absolute Gasteiger partial charge is 0.226 e. The molecule has 0 aromatic heterocycles. The second-order valence-electron chi connectivity index (χ2n) is 6.56. The first-order valence-electron chi connectivity index (χ1n) is 7.74. The first-order chi connectivity index (χ1) is 10.8. The van der Waals surface area contributed by atoms with E-state index in [2.05, 4.69) is 55.7 Å². The summed E-state index contributed by atoms with van der Waals surface area (Å²) in [5.74, 6) is -0.0360. The molecule has 1 amide bonds. The van der Waals surface area contributed by atoms with E-state index in [0.29, 0.717) is 18.0 Å². The highest BCUT2D eigenvalue weighted by Crippen LogP contribution is 2.23. The predicted molar refractivity (Wildman–Crippen MR) is 98.3 cm³/mol. The Bertz CT molecular complexity index is 660. The third-order valence-corrected chi connectivity index (χ3v) is 3.78. The molecule has 4 heteroatoms. The maximum atomic E-state index is 11.9. The predicted octanol–water partition coefficient (Wildman–Crippen LogP) is 5.08. The third-order valence-electron chi connectivity index (χ3n) is 3.54. The average Bonchev–Trinajstić information content (AvgIpc) is 2.47. The minimum absolute atomic E-state index is 0.0360. The monoisotopic (exact) mass is 330 g/mol. The van der Waals surface area contributed by atoms with Gasteiger partial charge in [0.05, 0.1) is 0 Å². The minimum atomic E-state index is -0.0360. The highest BCUT2D eigenvalue weighted by atomic mass is 35.5. The van der Waals surface area contributed by atoms with Gasteiger partial charge in [0, 0.05) is 29.4 Å². The van der Waals surface area contributed by atoms with E-state index in [4.69, 9.17) is 11.6 Å². The number of nitrogens with one attached hydrogen (secondary N) is 2. The molecule has 0 saturated carbocycles. The van der Waals surface area contributed by atoms with Gasteiger partial charge < -0.3 is 10.6 Å². The SMILES string of the molecule is CC(C)(C)c1ccc(NCCC(=O)Nc2cccc(Cl)c2)cc1. The van der Waals surface area contributed by atoms with Crippen LogP contribution in [0.5, 0.6) is 0 Å². The van der Waals surface area contributed by atoms with Crippen LogP contribution in [0.1, 0.15) is 32.8 Å². The van der Waals surface area contributed by atoms with Crippen molar-refractivity contribution < 1.29 is 4.79 Å². The van der Waals surface area contributed by atoms with E-state index in [1.165, 1.54) is 5.56 Å². The molecule has 2 N–H and O–H groups in total. The summed E-state index contributed by atoms with van der Waals surface area (Å²) in [6, 6.07) is 15.5. The van der Waals surface area contributed by atoms with Crippen LogP contribution >= 0.6 is 11.6 Å². The summed E-state index contributed by atoms with van der Waals surface area (Å²) in [4.78, 5) is 11.9. The number of benzene rings is 2. The lowest BCUT2D eigenvalue weighted by molar-refractivity contribution is -0.115. The Hall–Kier alpha value is -2.00. The number of anilines is 2. The first-order valence-corrected chi connectivity index (χ1v) is 8.12. The van der Waals surface area contributed by atoms with Crippen LogP contribution in [-0.2, 0) is 10.2 Å². The zero-order valence-electron chi connectivity index (χ0n) is 13.8. The van der Waals surface area contributed by atoms with Crippen molar-refractivity contribution in [1.82, 2.24) is 0 Å². The number of hydrogen-bond acceptors (Lipinski definition) is 2. The summed E-state index contributed by atoms with van der Waals surface area (Å²) in [5.41, 5.74) is 3.18. The summed E-state index contributed by atoms with van der Waals surface area (Å²) in [6.45, 7) is 7.15. The fourth-order valence-electron chi connectivity index (χ4n) is 2.20.